The SMILES string of the molecule is Cc1cccc(CC(CCOCCC(C)C)C(=O)O)c1. The fourth-order valence-electron chi connectivity index (χ4n) is 2.08. The van der Waals surface area contributed by atoms with Crippen molar-refractivity contribution in [2.75, 3.05) is 13.2 Å². The molecule has 0 amide bonds. The molecule has 1 aromatic carbocycles. The molecule has 0 fully saturated rings. The van der Waals surface area contributed by atoms with Gasteiger partial charge in [0.25, 0.3) is 0 Å². The summed E-state index contributed by atoms with van der Waals surface area (Å²) in [5.41, 5.74) is 2.25. The lowest BCUT2D eigenvalue weighted by Gasteiger charge is -2.13. The van der Waals surface area contributed by atoms with Gasteiger partial charge in [0.15, 0.2) is 0 Å². The normalized spacial score (nSPS) is 12.6. The molecule has 0 aliphatic heterocycles. The van der Waals surface area contributed by atoms with Gasteiger partial charge in [-0.15, -0.1) is 0 Å². The number of hydrogen-bond donors (Lipinski definition) is 1. The predicted molar refractivity (Wildman–Crippen MR) is 80.9 cm³/mol. The van der Waals surface area contributed by atoms with Gasteiger partial charge in [-0.3, -0.25) is 4.79 Å². The van der Waals surface area contributed by atoms with Gasteiger partial charge < -0.3 is 9.84 Å². The van der Waals surface area contributed by atoms with E-state index in [4.69, 9.17) is 4.74 Å². The molecule has 112 valence electrons. The number of ether oxygens (including phenoxy) is 1. The van der Waals surface area contributed by atoms with E-state index in [0.717, 1.165) is 12.0 Å². The largest absolute Gasteiger partial charge is 0.481 e. The highest BCUT2D eigenvalue weighted by Crippen LogP contribution is 2.14. The van der Waals surface area contributed by atoms with Crippen LogP contribution in [0.5, 0.6) is 0 Å². The Balaban J connectivity index is 2.39. The number of carboxylic acid groups (broad SMARTS) is 1. The van der Waals surface area contributed by atoms with Crippen molar-refractivity contribution in [1.82, 2.24) is 0 Å². The van der Waals surface area contributed by atoms with Gasteiger partial charge >= 0.3 is 5.97 Å². The summed E-state index contributed by atoms with van der Waals surface area (Å²) in [5, 5.41) is 9.29. The lowest BCUT2D eigenvalue weighted by Crippen LogP contribution is -2.19. The summed E-state index contributed by atoms with van der Waals surface area (Å²) in [4.78, 5) is 11.3. The molecule has 0 radical (unpaired) electrons. The highest BCUT2D eigenvalue weighted by molar-refractivity contribution is 5.70. The van der Waals surface area contributed by atoms with E-state index in [1.807, 2.05) is 25.1 Å². The summed E-state index contributed by atoms with van der Waals surface area (Å²) in [7, 11) is 0. The van der Waals surface area contributed by atoms with Crippen molar-refractivity contribution in [3.05, 3.63) is 35.4 Å². The van der Waals surface area contributed by atoms with Crippen LogP contribution in [0.4, 0.5) is 0 Å². The molecule has 0 saturated carbocycles. The van der Waals surface area contributed by atoms with E-state index < -0.39 is 5.97 Å². The molecule has 0 aliphatic rings. The molecule has 0 saturated heterocycles. The van der Waals surface area contributed by atoms with E-state index >= 15 is 0 Å². The molecule has 1 atom stereocenters. The van der Waals surface area contributed by atoms with Gasteiger partial charge in [0.05, 0.1) is 5.92 Å². The highest BCUT2D eigenvalue weighted by atomic mass is 16.5. The van der Waals surface area contributed by atoms with E-state index in [9.17, 15) is 9.90 Å². The van der Waals surface area contributed by atoms with Crippen molar-refractivity contribution in [2.45, 2.75) is 40.0 Å². The van der Waals surface area contributed by atoms with Gasteiger partial charge in [-0.2, -0.15) is 0 Å². The second-order valence-corrected chi connectivity index (χ2v) is 5.81. The third-order valence-electron chi connectivity index (χ3n) is 3.36. The lowest BCUT2D eigenvalue weighted by atomic mass is 9.96. The van der Waals surface area contributed by atoms with Crippen molar-refractivity contribution < 1.29 is 14.6 Å². The first-order valence-electron chi connectivity index (χ1n) is 7.35. The molecule has 3 nitrogen and oxygen atoms in total. The molecule has 0 bridgehead atoms. The van der Waals surface area contributed by atoms with Gasteiger partial charge in [-0.1, -0.05) is 43.7 Å². The number of carbonyl (C=O) groups is 1. The second-order valence-electron chi connectivity index (χ2n) is 5.81. The first-order valence-corrected chi connectivity index (χ1v) is 7.35. The van der Waals surface area contributed by atoms with Gasteiger partial charge in [0.2, 0.25) is 0 Å². The van der Waals surface area contributed by atoms with Crippen LogP contribution in [0.25, 0.3) is 0 Å². The zero-order valence-electron chi connectivity index (χ0n) is 12.8. The van der Waals surface area contributed by atoms with Crippen LogP contribution in [0.3, 0.4) is 0 Å². The minimum Gasteiger partial charge on any atom is -0.481 e. The lowest BCUT2D eigenvalue weighted by molar-refractivity contribution is -0.142. The molecular formula is C17H26O3. The third kappa shape index (κ3) is 6.71. The number of aliphatic carboxylic acids is 1. The average Bonchev–Trinajstić information content (AvgIpc) is 2.36. The molecule has 0 spiro atoms. The van der Waals surface area contributed by atoms with E-state index in [1.165, 1.54) is 5.56 Å². The average molecular weight is 278 g/mol. The Kier molecular flexibility index (Phi) is 7.31. The zero-order valence-corrected chi connectivity index (χ0v) is 12.8. The van der Waals surface area contributed by atoms with Crippen molar-refractivity contribution in [3.63, 3.8) is 0 Å². The van der Waals surface area contributed by atoms with Crippen LogP contribution in [-0.2, 0) is 16.0 Å². The summed E-state index contributed by atoms with van der Waals surface area (Å²) in [5.74, 6) is -0.479. The van der Waals surface area contributed by atoms with Crippen LogP contribution >= 0.6 is 0 Å². The van der Waals surface area contributed by atoms with E-state index in [1.54, 1.807) is 0 Å². The standard InChI is InChI=1S/C17H26O3/c1-13(2)7-9-20-10-8-16(17(18)19)12-15-6-4-5-14(3)11-15/h4-6,11,13,16H,7-10,12H2,1-3H3,(H,18,19). The summed E-state index contributed by atoms with van der Waals surface area (Å²) in [6, 6.07) is 8.04. The summed E-state index contributed by atoms with van der Waals surface area (Å²) >= 11 is 0. The Morgan fingerprint density at radius 2 is 1.95 bits per heavy atom. The van der Waals surface area contributed by atoms with Gasteiger partial charge in [0.1, 0.15) is 0 Å². The fourth-order valence-corrected chi connectivity index (χ4v) is 2.08. The van der Waals surface area contributed by atoms with Crippen LogP contribution in [0, 0.1) is 18.8 Å². The Morgan fingerprint density at radius 1 is 1.25 bits per heavy atom. The van der Waals surface area contributed by atoms with Crippen LogP contribution in [0.1, 0.15) is 37.8 Å². The Hall–Kier alpha value is -1.35. The molecule has 20 heavy (non-hydrogen) atoms. The maximum atomic E-state index is 11.3. The maximum Gasteiger partial charge on any atom is 0.306 e. The maximum absolute atomic E-state index is 11.3. The van der Waals surface area contributed by atoms with E-state index in [0.29, 0.717) is 32.0 Å². The number of carboxylic acids is 1. The molecule has 0 aliphatic carbocycles. The molecule has 1 aromatic rings. The molecule has 0 aromatic heterocycles. The quantitative estimate of drug-likeness (QED) is 0.701. The number of aryl methyl sites for hydroxylation is 1. The zero-order chi connectivity index (χ0) is 15.0. The second kappa shape index (κ2) is 8.75. The number of hydrogen-bond acceptors (Lipinski definition) is 2. The molecular weight excluding hydrogens is 252 g/mol. The topological polar surface area (TPSA) is 46.5 Å². The molecule has 0 heterocycles. The fraction of sp³-hybridized carbons (Fsp3) is 0.588. The molecule has 1 unspecified atom stereocenters. The van der Waals surface area contributed by atoms with Crippen LogP contribution in [0.15, 0.2) is 24.3 Å². The first-order chi connectivity index (χ1) is 9.49. The number of benzene rings is 1. The Bertz CT molecular complexity index is 412. The number of rotatable bonds is 9. The molecule has 1 rings (SSSR count). The van der Waals surface area contributed by atoms with E-state index in [2.05, 4.69) is 19.9 Å². The summed E-state index contributed by atoms with van der Waals surface area (Å²) < 4.78 is 5.52. The predicted octanol–water partition coefficient (Wildman–Crippen LogP) is 3.69. The Morgan fingerprint density at radius 3 is 2.55 bits per heavy atom. The van der Waals surface area contributed by atoms with Crippen molar-refractivity contribution in [1.29, 1.82) is 0 Å². The van der Waals surface area contributed by atoms with Crippen molar-refractivity contribution in [2.24, 2.45) is 11.8 Å². The van der Waals surface area contributed by atoms with Crippen LogP contribution in [-0.4, -0.2) is 24.3 Å². The van der Waals surface area contributed by atoms with Crippen molar-refractivity contribution in [3.8, 4) is 0 Å². The minimum absolute atomic E-state index is 0.365. The van der Waals surface area contributed by atoms with E-state index in [-0.39, 0.29) is 5.92 Å². The van der Waals surface area contributed by atoms with Crippen LogP contribution < -0.4 is 0 Å². The highest BCUT2D eigenvalue weighted by Gasteiger charge is 2.17. The van der Waals surface area contributed by atoms with Gasteiger partial charge in [-0.25, -0.2) is 0 Å². The van der Waals surface area contributed by atoms with Gasteiger partial charge in [-0.05, 0) is 37.7 Å². The first kappa shape index (κ1) is 16.7. The summed E-state index contributed by atoms with van der Waals surface area (Å²) in [6.07, 6.45) is 2.17. The Labute approximate surface area is 122 Å². The van der Waals surface area contributed by atoms with Gasteiger partial charge in [0, 0.05) is 13.2 Å². The summed E-state index contributed by atoms with van der Waals surface area (Å²) in [6.45, 7) is 7.57. The third-order valence-corrected chi connectivity index (χ3v) is 3.36. The smallest absolute Gasteiger partial charge is 0.306 e. The van der Waals surface area contributed by atoms with Crippen molar-refractivity contribution >= 4 is 5.97 Å². The molecule has 1 N–H and O–H groups in total. The monoisotopic (exact) mass is 278 g/mol. The molecule has 3 heteroatoms. The van der Waals surface area contributed by atoms with Crippen LogP contribution in [0.2, 0.25) is 0 Å². The minimum atomic E-state index is -0.737.